The van der Waals surface area contributed by atoms with Crippen LogP contribution in [-0.4, -0.2) is 72.0 Å². The number of nitrogens with zero attached hydrogens (tertiary/aromatic N) is 3. The number of hydrogen-bond acceptors (Lipinski definition) is 7. The monoisotopic (exact) mass is 593 g/mol. The predicted molar refractivity (Wildman–Crippen MR) is 150 cm³/mol. The van der Waals surface area contributed by atoms with Gasteiger partial charge in [0, 0.05) is 62.0 Å². The Hall–Kier alpha value is -4.16. The van der Waals surface area contributed by atoms with Crippen LogP contribution in [0.3, 0.4) is 0 Å². The number of piperazine rings is 1. The van der Waals surface area contributed by atoms with Gasteiger partial charge >= 0.3 is 6.18 Å². The zero-order chi connectivity index (χ0) is 29.9. The second-order valence-electron chi connectivity index (χ2n) is 11.5. The van der Waals surface area contributed by atoms with Crippen LogP contribution in [0.15, 0.2) is 48.7 Å². The number of rotatable bonds is 6. The lowest BCUT2D eigenvalue weighted by Gasteiger charge is -2.33. The molecule has 1 aromatic heterocycles. The van der Waals surface area contributed by atoms with Crippen molar-refractivity contribution in [1.82, 2.24) is 20.1 Å². The van der Waals surface area contributed by atoms with Crippen molar-refractivity contribution in [2.24, 2.45) is 0 Å². The number of carbonyl (C=O) groups excluding carboxylic acids is 2. The summed E-state index contributed by atoms with van der Waals surface area (Å²) in [4.78, 5) is 33.2. The van der Waals surface area contributed by atoms with Crippen molar-refractivity contribution in [2.45, 2.75) is 43.6 Å². The fourth-order valence-electron chi connectivity index (χ4n) is 6.16. The van der Waals surface area contributed by atoms with Crippen LogP contribution < -0.4 is 20.1 Å². The molecule has 0 unspecified atom stereocenters. The van der Waals surface area contributed by atoms with Crippen LogP contribution in [-0.2, 0) is 23.9 Å². The first-order chi connectivity index (χ1) is 20.6. The minimum absolute atomic E-state index is 0.0358. The van der Waals surface area contributed by atoms with Crippen molar-refractivity contribution in [3.8, 4) is 17.2 Å². The summed E-state index contributed by atoms with van der Waals surface area (Å²) in [5.41, 5.74) is 1.03. The minimum atomic E-state index is -4.58. The Bertz CT molecular complexity index is 1600. The summed E-state index contributed by atoms with van der Waals surface area (Å²) in [7, 11) is 1.99. The largest absolute Gasteiger partial charge is 0.487 e. The zero-order valence-electron chi connectivity index (χ0n) is 23.4. The number of amides is 2. The third-order valence-corrected chi connectivity index (χ3v) is 8.62. The summed E-state index contributed by atoms with van der Waals surface area (Å²) >= 11 is 0. The second kappa shape index (κ2) is 10.5. The third-order valence-electron chi connectivity index (χ3n) is 8.62. The van der Waals surface area contributed by atoms with E-state index in [-0.39, 0.29) is 41.6 Å². The highest BCUT2D eigenvalue weighted by Gasteiger charge is 2.59. The van der Waals surface area contributed by atoms with Gasteiger partial charge < -0.3 is 25.0 Å². The molecule has 2 aromatic carbocycles. The molecule has 2 N–H and O–H groups in total. The molecule has 1 aliphatic carbocycles. The topological polar surface area (TPSA) is 96.0 Å². The number of carbonyl (C=O) groups is 2. The summed E-state index contributed by atoms with van der Waals surface area (Å²) in [5, 5.41) is 5.63. The van der Waals surface area contributed by atoms with E-state index in [1.165, 1.54) is 12.1 Å². The maximum Gasteiger partial charge on any atom is 0.416 e. The highest BCUT2D eigenvalue weighted by atomic mass is 19.4. The quantitative estimate of drug-likeness (QED) is 0.443. The minimum Gasteiger partial charge on any atom is -0.487 e. The van der Waals surface area contributed by atoms with E-state index in [1.807, 2.05) is 18.0 Å². The number of ether oxygens (including phenoxy) is 2. The van der Waals surface area contributed by atoms with Crippen LogP contribution in [0, 0.1) is 0 Å². The van der Waals surface area contributed by atoms with E-state index >= 15 is 0 Å². The van der Waals surface area contributed by atoms with Crippen LogP contribution in [0.5, 0.6) is 17.2 Å². The number of pyridine rings is 1. The number of fused-ring (bicyclic) bond motifs is 4. The lowest BCUT2D eigenvalue weighted by Crippen LogP contribution is -2.44. The Balaban J connectivity index is 1.04. The zero-order valence-corrected chi connectivity index (χ0v) is 23.4. The van der Waals surface area contributed by atoms with Crippen molar-refractivity contribution in [3.05, 3.63) is 76.5 Å². The number of aromatic nitrogens is 1. The number of benzene rings is 2. The van der Waals surface area contributed by atoms with Gasteiger partial charge in [-0.2, -0.15) is 13.2 Å². The summed E-state index contributed by atoms with van der Waals surface area (Å²) in [6, 6.07) is 10.7. The molecule has 2 amide bonds. The number of halogens is 3. The molecule has 12 heteroatoms. The van der Waals surface area contributed by atoms with Crippen molar-refractivity contribution in [2.75, 3.05) is 38.5 Å². The van der Waals surface area contributed by atoms with Gasteiger partial charge in [0.1, 0.15) is 29.2 Å². The normalized spacial score (nSPS) is 23.0. The molecule has 0 bridgehead atoms. The summed E-state index contributed by atoms with van der Waals surface area (Å²) in [6.45, 7) is 3.17. The molecule has 0 radical (unpaired) electrons. The van der Waals surface area contributed by atoms with E-state index in [0.717, 1.165) is 30.3 Å². The number of hydrogen-bond donors (Lipinski definition) is 2. The molecule has 43 heavy (non-hydrogen) atoms. The van der Waals surface area contributed by atoms with Gasteiger partial charge in [-0.25, -0.2) is 4.98 Å². The Kier molecular flexibility index (Phi) is 6.77. The molecular formula is C31H30F3N5O4. The van der Waals surface area contributed by atoms with Gasteiger partial charge in [0.05, 0.1) is 17.5 Å². The van der Waals surface area contributed by atoms with Gasteiger partial charge in [-0.1, -0.05) is 6.07 Å². The van der Waals surface area contributed by atoms with E-state index < -0.39 is 17.6 Å². The summed E-state index contributed by atoms with van der Waals surface area (Å²) in [6.07, 6.45) is -2.43. The highest BCUT2D eigenvalue weighted by molar-refractivity contribution is 5.95. The molecule has 3 aromatic rings. The Morgan fingerprint density at radius 1 is 1.12 bits per heavy atom. The van der Waals surface area contributed by atoms with Gasteiger partial charge in [-0.15, -0.1) is 0 Å². The van der Waals surface area contributed by atoms with E-state index in [1.54, 1.807) is 24.4 Å². The number of anilines is 1. The first-order valence-electron chi connectivity index (χ1n) is 14.3. The first kappa shape index (κ1) is 27.7. The second-order valence-corrected chi connectivity index (χ2v) is 11.5. The smallest absolute Gasteiger partial charge is 0.416 e. The Labute approximate surface area is 246 Å². The standard InChI is InChI=1S/C31H30F3N5O4/c1-38-10-12-39(13-11-38)16-18-3-2-17(14-22(18)31(32,33)34)30(41)37-27-26-21-15-19(4-6-23(21)43-28(26)27)42-24-8-9-35-29-20(24)5-7-25(40)36-29/h2-4,6,8-9,14-15,26-28H,5,7,10-13,16H2,1H3,(H,37,41)(H,35,36,40)/t26-,27-,28-/m1/s1. The summed E-state index contributed by atoms with van der Waals surface area (Å²) < 4.78 is 54.3. The van der Waals surface area contributed by atoms with E-state index in [9.17, 15) is 22.8 Å². The summed E-state index contributed by atoms with van der Waals surface area (Å²) in [5.74, 6) is 1.55. The van der Waals surface area contributed by atoms with Gasteiger partial charge in [0.2, 0.25) is 5.91 Å². The number of alkyl halides is 3. The molecule has 7 rings (SSSR count). The van der Waals surface area contributed by atoms with E-state index in [4.69, 9.17) is 9.47 Å². The molecule has 3 atom stereocenters. The first-order valence-corrected chi connectivity index (χ1v) is 14.3. The molecule has 1 saturated heterocycles. The Morgan fingerprint density at radius 3 is 2.72 bits per heavy atom. The van der Waals surface area contributed by atoms with Crippen molar-refractivity contribution in [1.29, 1.82) is 0 Å². The molecule has 4 heterocycles. The SMILES string of the molecule is CN1CCN(Cc2ccc(C(=O)N[C@H]3[C@@H]4Oc5ccc(Oc6ccnc7c6CCC(=O)N7)cc5[C@H]34)cc2C(F)(F)F)CC1. The molecule has 1 saturated carbocycles. The van der Waals surface area contributed by atoms with Crippen LogP contribution in [0.25, 0.3) is 0 Å². The van der Waals surface area contributed by atoms with Crippen LogP contribution in [0.1, 0.15) is 45.0 Å². The van der Waals surface area contributed by atoms with Gasteiger partial charge in [0.15, 0.2) is 0 Å². The average molecular weight is 594 g/mol. The maximum atomic E-state index is 14.0. The van der Waals surface area contributed by atoms with Crippen LogP contribution >= 0.6 is 0 Å². The maximum absolute atomic E-state index is 14.0. The van der Waals surface area contributed by atoms with Crippen molar-refractivity contribution < 1.29 is 32.2 Å². The highest BCUT2D eigenvalue weighted by Crippen LogP contribution is 2.54. The molecule has 224 valence electrons. The third kappa shape index (κ3) is 5.40. The molecule has 0 spiro atoms. The molecule has 3 aliphatic heterocycles. The molecular weight excluding hydrogens is 563 g/mol. The van der Waals surface area contributed by atoms with Gasteiger partial charge in [-0.05, 0) is 55.4 Å². The molecule has 4 aliphatic rings. The lowest BCUT2D eigenvalue weighted by molar-refractivity contribution is -0.138. The average Bonchev–Trinajstić information content (AvgIpc) is 3.49. The van der Waals surface area contributed by atoms with Gasteiger partial charge in [0.25, 0.3) is 5.91 Å². The van der Waals surface area contributed by atoms with Crippen molar-refractivity contribution in [3.63, 3.8) is 0 Å². The molecule has 9 nitrogen and oxygen atoms in total. The number of likely N-dealkylation sites (N-methyl/N-ethyl adjacent to an activating group) is 1. The fraction of sp³-hybridized carbons (Fsp3) is 0.387. The van der Waals surface area contributed by atoms with Crippen molar-refractivity contribution >= 4 is 17.6 Å². The predicted octanol–water partition coefficient (Wildman–Crippen LogP) is 4.18. The van der Waals surface area contributed by atoms with Crippen LogP contribution in [0.4, 0.5) is 19.0 Å². The fourth-order valence-corrected chi connectivity index (χ4v) is 6.16. The van der Waals surface area contributed by atoms with E-state index in [2.05, 4.69) is 20.5 Å². The van der Waals surface area contributed by atoms with Crippen LogP contribution in [0.2, 0.25) is 0 Å². The lowest BCUT2D eigenvalue weighted by atomic mass is 10.0. The number of nitrogens with one attached hydrogen (secondary N) is 2. The van der Waals surface area contributed by atoms with Gasteiger partial charge in [-0.3, -0.25) is 14.5 Å². The van der Waals surface area contributed by atoms with E-state index in [0.29, 0.717) is 49.0 Å². The molecule has 2 fully saturated rings. The Morgan fingerprint density at radius 2 is 1.93 bits per heavy atom.